The number of carbonyl (C=O) groups is 2. The van der Waals surface area contributed by atoms with Crippen molar-refractivity contribution in [2.24, 2.45) is 0 Å². The molecule has 0 radical (unpaired) electrons. The van der Waals surface area contributed by atoms with Gasteiger partial charge in [-0.25, -0.2) is 4.79 Å². The van der Waals surface area contributed by atoms with Crippen LogP contribution < -0.4 is 5.32 Å². The molecule has 1 aliphatic rings. The Kier molecular flexibility index (Phi) is 4.15. The first kappa shape index (κ1) is 14.7. The molecule has 1 unspecified atom stereocenters. The largest absolute Gasteiger partial charge is 0.449 e. The average molecular weight is 313 g/mol. The van der Waals surface area contributed by atoms with Crippen LogP contribution in [0.4, 0.5) is 4.79 Å². The van der Waals surface area contributed by atoms with Crippen LogP contribution in [0.1, 0.15) is 17.0 Å². The highest BCUT2D eigenvalue weighted by atomic mass is 32.1. The number of hydrogen-bond donors (Lipinski definition) is 2. The molecule has 0 aromatic heterocycles. The van der Waals surface area contributed by atoms with Crippen LogP contribution in [0.3, 0.4) is 0 Å². The van der Waals surface area contributed by atoms with Crippen molar-refractivity contribution < 1.29 is 14.3 Å². The van der Waals surface area contributed by atoms with Gasteiger partial charge in [-0.2, -0.15) is 0 Å². The molecule has 0 heterocycles. The van der Waals surface area contributed by atoms with Gasteiger partial charge in [-0.3, -0.25) is 0 Å². The second-order valence-corrected chi connectivity index (χ2v) is 5.61. The summed E-state index contributed by atoms with van der Waals surface area (Å²) in [5.74, 6) is 0.00717. The van der Waals surface area contributed by atoms with E-state index in [0.717, 1.165) is 11.1 Å². The monoisotopic (exact) mass is 313 g/mol. The lowest BCUT2D eigenvalue weighted by molar-refractivity contribution is -0.107. The summed E-state index contributed by atoms with van der Waals surface area (Å²) in [6, 6.07) is 16.2. The molecule has 2 aromatic rings. The van der Waals surface area contributed by atoms with Gasteiger partial charge in [0.2, 0.25) is 0 Å². The molecule has 0 saturated carbocycles. The molecule has 3 rings (SSSR count). The Balaban J connectivity index is 1.79. The minimum atomic E-state index is -0.851. The Labute approximate surface area is 133 Å². The molecule has 0 bridgehead atoms. The Hall–Kier alpha value is -2.27. The number of benzene rings is 2. The third-order valence-corrected chi connectivity index (χ3v) is 3.99. The lowest BCUT2D eigenvalue weighted by Gasteiger charge is -2.15. The number of aldehydes is 1. The Morgan fingerprint density at radius 3 is 2.23 bits per heavy atom. The first-order valence-electron chi connectivity index (χ1n) is 6.95. The predicted molar refractivity (Wildman–Crippen MR) is 87.0 cm³/mol. The number of fused-ring (bicyclic) bond motifs is 3. The van der Waals surface area contributed by atoms with E-state index in [-0.39, 0.29) is 12.5 Å². The second kappa shape index (κ2) is 6.23. The molecule has 0 saturated heterocycles. The SMILES string of the molecule is O=CC(S)NC(=O)OCC1c2ccccc2-c2ccccc21. The van der Waals surface area contributed by atoms with Gasteiger partial charge in [0.1, 0.15) is 12.0 Å². The van der Waals surface area contributed by atoms with Gasteiger partial charge in [0.15, 0.2) is 6.29 Å². The first-order valence-corrected chi connectivity index (χ1v) is 7.47. The number of thiol groups is 1. The number of carbonyl (C=O) groups excluding carboxylic acids is 2. The van der Waals surface area contributed by atoms with Crippen molar-refractivity contribution in [3.8, 4) is 11.1 Å². The highest BCUT2D eigenvalue weighted by Crippen LogP contribution is 2.44. The third-order valence-electron chi connectivity index (χ3n) is 3.74. The van der Waals surface area contributed by atoms with Crippen molar-refractivity contribution in [3.63, 3.8) is 0 Å². The van der Waals surface area contributed by atoms with Crippen molar-refractivity contribution >= 4 is 25.0 Å². The standard InChI is InChI=1S/C17H15NO3S/c19-9-16(22)18-17(20)21-10-15-13-7-3-1-5-11(13)12-6-2-4-8-14(12)15/h1-9,15-16,22H,10H2,(H,18,20). The van der Waals surface area contributed by atoms with Crippen molar-refractivity contribution in [1.82, 2.24) is 5.32 Å². The first-order chi connectivity index (χ1) is 10.7. The minimum Gasteiger partial charge on any atom is -0.449 e. The summed E-state index contributed by atoms with van der Waals surface area (Å²) >= 11 is 3.88. The quantitative estimate of drug-likeness (QED) is 0.518. The van der Waals surface area contributed by atoms with Gasteiger partial charge < -0.3 is 14.8 Å². The summed E-state index contributed by atoms with van der Waals surface area (Å²) in [4.78, 5) is 22.1. The van der Waals surface area contributed by atoms with E-state index in [9.17, 15) is 9.59 Å². The zero-order chi connectivity index (χ0) is 15.5. The van der Waals surface area contributed by atoms with Crippen LogP contribution >= 0.6 is 12.6 Å². The van der Waals surface area contributed by atoms with Crippen molar-refractivity contribution in [2.75, 3.05) is 6.61 Å². The van der Waals surface area contributed by atoms with Crippen LogP contribution in [0.25, 0.3) is 11.1 Å². The zero-order valence-corrected chi connectivity index (χ0v) is 12.6. The molecular formula is C17H15NO3S. The predicted octanol–water partition coefficient (Wildman–Crippen LogP) is 2.98. The summed E-state index contributed by atoms with van der Waals surface area (Å²) in [7, 11) is 0. The molecule has 1 atom stereocenters. The van der Waals surface area contributed by atoms with E-state index in [1.807, 2.05) is 36.4 Å². The smallest absolute Gasteiger partial charge is 0.408 e. The molecule has 22 heavy (non-hydrogen) atoms. The molecule has 112 valence electrons. The zero-order valence-electron chi connectivity index (χ0n) is 11.7. The van der Waals surface area contributed by atoms with Crippen LogP contribution in [-0.4, -0.2) is 24.4 Å². The van der Waals surface area contributed by atoms with E-state index >= 15 is 0 Å². The topological polar surface area (TPSA) is 55.4 Å². The van der Waals surface area contributed by atoms with E-state index in [2.05, 4.69) is 30.1 Å². The summed E-state index contributed by atoms with van der Waals surface area (Å²) in [6.07, 6.45) is -0.112. The van der Waals surface area contributed by atoms with Gasteiger partial charge in [-0.05, 0) is 22.3 Å². The molecule has 5 heteroatoms. The van der Waals surface area contributed by atoms with Gasteiger partial charge in [0.05, 0.1) is 0 Å². The number of ether oxygens (including phenoxy) is 1. The van der Waals surface area contributed by atoms with E-state index in [4.69, 9.17) is 4.74 Å². The molecule has 0 aliphatic heterocycles. The van der Waals surface area contributed by atoms with Gasteiger partial charge in [0.25, 0.3) is 0 Å². The molecule has 4 nitrogen and oxygen atoms in total. The number of alkyl carbamates (subject to hydrolysis) is 1. The average Bonchev–Trinajstić information content (AvgIpc) is 2.87. The summed E-state index contributed by atoms with van der Waals surface area (Å²) in [5.41, 5.74) is 4.64. The van der Waals surface area contributed by atoms with Gasteiger partial charge in [-0.1, -0.05) is 48.5 Å². The number of rotatable bonds is 4. The number of nitrogens with one attached hydrogen (secondary N) is 1. The van der Waals surface area contributed by atoms with Crippen LogP contribution in [0.2, 0.25) is 0 Å². The van der Waals surface area contributed by atoms with Gasteiger partial charge in [-0.15, -0.1) is 12.6 Å². The molecule has 1 amide bonds. The fourth-order valence-electron chi connectivity index (χ4n) is 2.79. The van der Waals surface area contributed by atoms with Crippen molar-refractivity contribution in [2.45, 2.75) is 11.3 Å². The molecule has 0 spiro atoms. The van der Waals surface area contributed by atoms with Crippen LogP contribution in [-0.2, 0) is 9.53 Å². The maximum absolute atomic E-state index is 11.7. The lowest BCUT2D eigenvalue weighted by Crippen LogP contribution is -2.33. The highest BCUT2D eigenvalue weighted by Gasteiger charge is 2.29. The second-order valence-electron chi connectivity index (χ2n) is 5.05. The maximum atomic E-state index is 11.7. The molecule has 2 aromatic carbocycles. The molecule has 1 aliphatic carbocycles. The Morgan fingerprint density at radius 1 is 1.14 bits per heavy atom. The van der Waals surface area contributed by atoms with Crippen LogP contribution in [0.15, 0.2) is 48.5 Å². The summed E-state index contributed by atoms with van der Waals surface area (Å²) < 4.78 is 5.25. The lowest BCUT2D eigenvalue weighted by atomic mass is 9.98. The van der Waals surface area contributed by atoms with Crippen molar-refractivity contribution in [1.29, 1.82) is 0 Å². The van der Waals surface area contributed by atoms with E-state index in [0.29, 0.717) is 6.29 Å². The summed E-state index contributed by atoms with van der Waals surface area (Å²) in [5, 5.41) is 1.49. The van der Waals surface area contributed by atoms with Crippen LogP contribution in [0.5, 0.6) is 0 Å². The minimum absolute atomic E-state index is 0.00717. The molecular weight excluding hydrogens is 298 g/mol. The summed E-state index contributed by atoms with van der Waals surface area (Å²) in [6.45, 7) is 0.221. The van der Waals surface area contributed by atoms with Crippen LogP contribution in [0, 0.1) is 0 Å². The fourth-order valence-corrected chi connectivity index (χ4v) is 2.90. The number of amides is 1. The van der Waals surface area contributed by atoms with Crippen molar-refractivity contribution in [3.05, 3.63) is 59.7 Å². The van der Waals surface area contributed by atoms with E-state index in [1.54, 1.807) is 0 Å². The van der Waals surface area contributed by atoms with Gasteiger partial charge in [0, 0.05) is 5.92 Å². The third kappa shape index (κ3) is 2.72. The normalized spacial score (nSPS) is 13.9. The van der Waals surface area contributed by atoms with E-state index in [1.165, 1.54) is 11.1 Å². The number of hydrogen-bond acceptors (Lipinski definition) is 4. The molecule has 0 fully saturated rings. The Morgan fingerprint density at radius 2 is 1.68 bits per heavy atom. The Bertz CT molecular complexity index is 671. The molecule has 1 N–H and O–H groups in total. The maximum Gasteiger partial charge on any atom is 0.408 e. The highest BCUT2D eigenvalue weighted by molar-refractivity contribution is 7.81. The fraction of sp³-hybridized carbons (Fsp3) is 0.176. The van der Waals surface area contributed by atoms with Gasteiger partial charge >= 0.3 is 6.09 Å². The van der Waals surface area contributed by atoms with E-state index < -0.39 is 11.5 Å².